The number of para-hydroxylation sites is 1. The second kappa shape index (κ2) is 11.6. The first-order valence-electron chi connectivity index (χ1n) is 21.5. The third-order valence-corrected chi connectivity index (χ3v) is 14.6. The quantitative estimate of drug-likeness (QED) is 0.163. The Morgan fingerprint density at radius 2 is 1.25 bits per heavy atom. The van der Waals surface area contributed by atoms with Gasteiger partial charge in [-0.3, -0.25) is 0 Å². The fourth-order valence-electron chi connectivity index (χ4n) is 11.8. The maximum Gasteiger partial charge on any atom is 0.333 e. The Balaban J connectivity index is 1.19. The minimum Gasteiger partial charge on any atom is -0.375 e. The lowest BCUT2D eigenvalue weighted by molar-refractivity contribution is 0.590. The summed E-state index contributed by atoms with van der Waals surface area (Å²) in [5.74, 6) is 0. The average Bonchev–Trinajstić information content (AvgIpc) is 3.78. The van der Waals surface area contributed by atoms with Gasteiger partial charge in [-0.15, -0.1) is 0 Å². The molecule has 0 amide bonds. The summed E-state index contributed by atoms with van der Waals surface area (Å²) in [7, 11) is 0. The van der Waals surface area contributed by atoms with Crippen molar-refractivity contribution in [3.63, 3.8) is 0 Å². The van der Waals surface area contributed by atoms with E-state index in [9.17, 15) is 0 Å². The lowest BCUT2D eigenvalue weighted by Crippen LogP contribution is -2.57. The Bertz CT molecular complexity index is 3130. The van der Waals surface area contributed by atoms with E-state index in [0.717, 1.165) is 6.54 Å². The first kappa shape index (κ1) is 34.9. The predicted molar refractivity (Wildman–Crippen MR) is 251 cm³/mol. The van der Waals surface area contributed by atoms with Gasteiger partial charge in [-0.2, -0.15) is 0 Å². The molecule has 0 saturated heterocycles. The van der Waals surface area contributed by atoms with E-state index in [1.165, 1.54) is 117 Å². The molecular formula is C56H49BN2. The number of aryl methyl sites for hydroxylation is 1. The standard InChI is InChI=1S/C56H49BN2/c1-33-27-43-38-21-16-22-40-50-53(39-20-13-15-24-45(39)56(50,7)8)59(52(38)40)57-47-30-42-37-19-12-14-23-44(37)55(5,6)46(42)31-48(47)58(49(28-33)51(43)57)32-35-25-26-36(54(2,3)4)29-41(35)34-17-10-9-11-18-34/h9-31H,32H2,1-8H3. The summed E-state index contributed by atoms with van der Waals surface area (Å²) >= 11 is 0. The fourth-order valence-corrected chi connectivity index (χ4v) is 11.8. The molecule has 286 valence electrons. The van der Waals surface area contributed by atoms with E-state index in [1.807, 2.05) is 0 Å². The molecule has 0 atom stereocenters. The third kappa shape index (κ3) is 4.54. The zero-order valence-corrected chi connectivity index (χ0v) is 35.5. The average molecular weight is 761 g/mol. The second-order valence-corrected chi connectivity index (χ2v) is 19.8. The number of anilines is 2. The van der Waals surface area contributed by atoms with Crippen LogP contribution in [0.15, 0.2) is 140 Å². The highest BCUT2D eigenvalue weighted by molar-refractivity contribution is 6.89. The first-order chi connectivity index (χ1) is 28.3. The van der Waals surface area contributed by atoms with Crippen molar-refractivity contribution in [1.82, 2.24) is 4.48 Å². The van der Waals surface area contributed by atoms with Crippen LogP contribution in [-0.4, -0.2) is 11.3 Å². The van der Waals surface area contributed by atoms with Gasteiger partial charge in [0.25, 0.3) is 0 Å². The monoisotopic (exact) mass is 760 g/mol. The van der Waals surface area contributed by atoms with E-state index in [0.29, 0.717) is 0 Å². The normalized spacial score (nSPS) is 15.7. The highest BCUT2D eigenvalue weighted by Crippen LogP contribution is 2.56. The molecule has 0 spiro atoms. The Labute approximate surface area is 349 Å². The van der Waals surface area contributed by atoms with Crippen molar-refractivity contribution in [3.05, 3.63) is 178 Å². The van der Waals surface area contributed by atoms with Crippen LogP contribution in [0.25, 0.3) is 55.5 Å². The van der Waals surface area contributed by atoms with E-state index in [2.05, 4.69) is 204 Å². The number of aromatic nitrogens is 1. The van der Waals surface area contributed by atoms with Crippen LogP contribution in [0.4, 0.5) is 11.4 Å². The van der Waals surface area contributed by atoms with Gasteiger partial charge in [-0.25, -0.2) is 0 Å². The molecular weight excluding hydrogens is 711 g/mol. The topological polar surface area (TPSA) is 8.17 Å². The smallest absolute Gasteiger partial charge is 0.333 e. The molecule has 1 aromatic heterocycles. The zero-order chi connectivity index (χ0) is 40.3. The summed E-state index contributed by atoms with van der Waals surface area (Å²) in [6.07, 6.45) is 0. The van der Waals surface area contributed by atoms with Crippen LogP contribution >= 0.6 is 0 Å². The molecule has 0 fully saturated rings. The van der Waals surface area contributed by atoms with Crippen molar-refractivity contribution in [2.45, 2.75) is 78.2 Å². The van der Waals surface area contributed by atoms with Gasteiger partial charge in [0.2, 0.25) is 0 Å². The zero-order valence-electron chi connectivity index (χ0n) is 35.5. The first-order valence-corrected chi connectivity index (χ1v) is 21.5. The maximum absolute atomic E-state index is 2.79. The second-order valence-electron chi connectivity index (χ2n) is 19.8. The van der Waals surface area contributed by atoms with E-state index in [1.54, 1.807) is 0 Å². The molecule has 0 bridgehead atoms. The van der Waals surface area contributed by atoms with Crippen LogP contribution in [0.2, 0.25) is 0 Å². The molecule has 0 N–H and O–H groups in total. The molecule has 2 aliphatic heterocycles. The maximum atomic E-state index is 2.79. The van der Waals surface area contributed by atoms with Crippen molar-refractivity contribution in [2.24, 2.45) is 0 Å². The molecule has 3 heteroatoms. The van der Waals surface area contributed by atoms with E-state index >= 15 is 0 Å². The van der Waals surface area contributed by atoms with Crippen LogP contribution in [-0.2, 0) is 22.8 Å². The van der Waals surface area contributed by atoms with Gasteiger partial charge in [0.05, 0.1) is 0 Å². The van der Waals surface area contributed by atoms with Gasteiger partial charge in [0, 0.05) is 56.5 Å². The molecule has 3 heterocycles. The number of fused-ring (bicyclic) bond motifs is 12. The summed E-state index contributed by atoms with van der Waals surface area (Å²) in [5, 5.41) is 1.38. The summed E-state index contributed by atoms with van der Waals surface area (Å²) < 4.78 is 2.79. The summed E-state index contributed by atoms with van der Waals surface area (Å²) in [6, 6.07) is 53.9. The molecule has 59 heavy (non-hydrogen) atoms. The number of hydrogen-bond donors (Lipinski definition) is 0. The molecule has 0 unspecified atom stereocenters. The molecule has 12 rings (SSSR count). The molecule has 7 aromatic carbocycles. The van der Waals surface area contributed by atoms with Gasteiger partial charge in [0.15, 0.2) is 0 Å². The lowest BCUT2D eigenvalue weighted by atomic mass is 9.44. The minimum atomic E-state index is -0.127. The Hall–Kier alpha value is -6.06. The van der Waals surface area contributed by atoms with Crippen LogP contribution in [0.5, 0.6) is 0 Å². The SMILES string of the molecule is Cc1cc2c3c(c1)N(Cc1ccc(C(C)(C)C)cc1-c1ccccc1)c1cc4c(cc1B3n1c3c(c5cccc-2c51)C(C)(C)c1ccccc1-3)-c1ccccc1C4(C)C. The number of benzene rings is 7. The molecule has 2 nitrogen and oxygen atoms in total. The van der Waals surface area contributed by atoms with Gasteiger partial charge in [-0.05, 0) is 102 Å². The summed E-state index contributed by atoms with van der Waals surface area (Å²) in [6.45, 7) is 19.7. The van der Waals surface area contributed by atoms with Crippen LogP contribution in [0, 0.1) is 6.92 Å². The summed E-state index contributed by atoms with van der Waals surface area (Å²) in [5.41, 5.74) is 27.1. The lowest BCUT2D eigenvalue weighted by Gasteiger charge is -2.42. The van der Waals surface area contributed by atoms with Gasteiger partial charge >= 0.3 is 6.85 Å². The van der Waals surface area contributed by atoms with Crippen molar-refractivity contribution in [1.29, 1.82) is 0 Å². The molecule has 8 aromatic rings. The fraction of sp³-hybridized carbons (Fsp3) is 0.214. The highest BCUT2D eigenvalue weighted by atomic mass is 15.2. The number of rotatable bonds is 3. The third-order valence-electron chi connectivity index (χ3n) is 14.6. The Morgan fingerprint density at radius 3 is 2.02 bits per heavy atom. The van der Waals surface area contributed by atoms with Gasteiger partial charge < -0.3 is 9.38 Å². The molecule has 0 saturated carbocycles. The Morgan fingerprint density at radius 1 is 0.559 bits per heavy atom. The van der Waals surface area contributed by atoms with Crippen LogP contribution in [0.1, 0.15) is 87.4 Å². The Kier molecular flexibility index (Phi) is 6.85. The minimum absolute atomic E-state index is 0.00740. The predicted octanol–water partition coefficient (Wildman–Crippen LogP) is 12.8. The van der Waals surface area contributed by atoms with Gasteiger partial charge in [-0.1, -0.05) is 176 Å². The van der Waals surface area contributed by atoms with Gasteiger partial charge in [0.1, 0.15) is 0 Å². The number of nitrogens with zero attached hydrogens (tertiary/aromatic N) is 2. The molecule has 0 radical (unpaired) electrons. The molecule has 2 aliphatic carbocycles. The van der Waals surface area contributed by atoms with E-state index in [-0.39, 0.29) is 23.1 Å². The largest absolute Gasteiger partial charge is 0.375 e. The van der Waals surface area contributed by atoms with Crippen LogP contribution < -0.4 is 15.8 Å². The van der Waals surface area contributed by atoms with Crippen molar-refractivity contribution in [2.75, 3.05) is 4.90 Å². The highest BCUT2D eigenvalue weighted by Gasteiger charge is 2.49. The van der Waals surface area contributed by atoms with Crippen molar-refractivity contribution < 1.29 is 0 Å². The summed E-state index contributed by atoms with van der Waals surface area (Å²) in [4.78, 5) is 2.70. The van der Waals surface area contributed by atoms with E-state index in [4.69, 9.17) is 0 Å². The van der Waals surface area contributed by atoms with E-state index < -0.39 is 0 Å². The number of hydrogen-bond acceptors (Lipinski definition) is 1. The van der Waals surface area contributed by atoms with Crippen molar-refractivity contribution in [3.8, 4) is 44.6 Å². The molecule has 4 aliphatic rings. The van der Waals surface area contributed by atoms with Crippen molar-refractivity contribution >= 4 is 40.1 Å². The van der Waals surface area contributed by atoms with Crippen LogP contribution in [0.3, 0.4) is 0 Å².